The highest BCUT2D eigenvalue weighted by molar-refractivity contribution is 6.00. The molecule has 1 rings (SSSR count). The summed E-state index contributed by atoms with van der Waals surface area (Å²) in [6.45, 7) is 4.87. The molecule has 0 radical (unpaired) electrons. The third kappa shape index (κ3) is 6.22. The molecule has 0 saturated carbocycles. The molecule has 0 N–H and O–H groups in total. The van der Waals surface area contributed by atoms with E-state index in [0.29, 0.717) is 17.7 Å². The third-order valence-electron chi connectivity index (χ3n) is 2.95. The summed E-state index contributed by atoms with van der Waals surface area (Å²) in [6.07, 6.45) is -7.43. The predicted octanol–water partition coefficient (Wildman–Crippen LogP) is 5.75. The van der Waals surface area contributed by atoms with Crippen molar-refractivity contribution in [1.82, 2.24) is 0 Å². The summed E-state index contributed by atoms with van der Waals surface area (Å²) < 4.78 is 76.7. The maximum atomic E-state index is 12.8. The normalized spacial score (nSPS) is 13.0. The van der Waals surface area contributed by atoms with Crippen molar-refractivity contribution in [2.45, 2.75) is 39.5 Å². The Labute approximate surface area is 135 Å². The summed E-state index contributed by atoms with van der Waals surface area (Å²) in [5.41, 5.74) is -1.78. The van der Waals surface area contributed by atoms with Gasteiger partial charge in [-0.1, -0.05) is 11.1 Å². The molecule has 0 saturated heterocycles. The third-order valence-corrected chi connectivity index (χ3v) is 2.95. The second-order valence-electron chi connectivity index (χ2n) is 5.71. The van der Waals surface area contributed by atoms with Crippen LogP contribution in [-0.2, 0) is 23.6 Å². The Kier molecular flexibility index (Phi) is 6.03. The highest BCUT2D eigenvalue weighted by Crippen LogP contribution is 2.36. The smallest absolute Gasteiger partial charge is 0.290 e. The summed E-state index contributed by atoms with van der Waals surface area (Å²) in [5, 5.41) is 0. The van der Waals surface area contributed by atoms with Crippen LogP contribution in [0.25, 0.3) is 0 Å². The van der Waals surface area contributed by atoms with E-state index in [1.54, 1.807) is 13.8 Å². The Balaban J connectivity index is 3.22. The zero-order valence-electron chi connectivity index (χ0n) is 13.3. The first-order valence-electron chi connectivity index (χ1n) is 6.93. The number of halogens is 6. The minimum absolute atomic E-state index is 0.0802. The van der Waals surface area contributed by atoms with Gasteiger partial charge in [0.2, 0.25) is 0 Å². The van der Waals surface area contributed by atoms with Gasteiger partial charge >= 0.3 is 12.4 Å². The van der Waals surface area contributed by atoms with Crippen molar-refractivity contribution in [2.75, 3.05) is 0 Å². The molecule has 0 aliphatic carbocycles. The van der Waals surface area contributed by atoms with Gasteiger partial charge in [-0.2, -0.15) is 26.3 Å². The molecular weight excluding hydrogens is 334 g/mol. The van der Waals surface area contributed by atoms with Gasteiger partial charge in [-0.05, 0) is 63.1 Å². The first-order chi connectivity index (χ1) is 10.8. The lowest BCUT2D eigenvalue weighted by Gasteiger charge is -2.14. The summed E-state index contributed by atoms with van der Waals surface area (Å²) in [6, 6.07) is 1.41. The summed E-state index contributed by atoms with van der Waals surface area (Å²) in [4.78, 5) is 11.6. The molecule has 7 heteroatoms. The predicted molar refractivity (Wildman–Crippen MR) is 78.3 cm³/mol. The molecule has 132 valence electrons. The van der Waals surface area contributed by atoms with Crippen LogP contribution in [0.2, 0.25) is 0 Å². The molecule has 0 atom stereocenters. The fourth-order valence-corrected chi connectivity index (χ4v) is 2.06. The van der Waals surface area contributed by atoms with Gasteiger partial charge in [-0.25, -0.2) is 0 Å². The van der Waals surface area contributed by atoms with Crippen molar-refractivity contribution in [2.24, 2.45) is 0 Å². The lowest BCUT2D eigenvalue weighted by atomic mass is 9.99. The monoisotopic (exact) mass is 350 g/mol. The van der Waals surface area contributed by atoms with Crippen LogP contribution in [0.1, 0.15) is 37.5 Å². The van der Waals surface area contributed by atoms with Gasteiger partial charge in [0.1, 0.15) is 0 Å². The molecule has 1 nitrogen and oxygen atoms in total. The van der Waals surface area contributed by atoms with Crippen molar-refractivity contribution in [3.63, 3.8) is 0 Å². The zero-order valence-corrected chi connectivity index (χ0v) is 13.3. The number of ketones is 1. The number of hydrogen-bond donors (Lipinski definition) is 0. The van der Waals surface area contributed by atoms with E-state index in [1.807, 2.05) is 0 Å². The van der Waals surface area contributed by atoms with Crippen LogP contribution in [0, 0.1) is 0 Å². The number of alkyl halides is 6. The molecule has 0 aromatic heterocycles. The van der Waals surface area contributed by atoms with Gasteiger partial charge in [0.05, 0.1) is 11.1 Å². The average Bonchev–Trinajstić information content (AvgIpc) is 2.34. The Hall–Kier alpha value is -2.05. The number of rotatable bonds is 4. The first kappa shape index (κ1) is 20.0. The van der Waals surface area contributed by atoms with Crippen molar-refractivity contribution >= 4 is 5.78 Å². The van der Waals surface area contributed by atoms with Crippen molar-refractivity contribution in [1.29, 1.82) is 0 Å². The van der Waals surface area contributed by atoms with E-state index in [9.17, 15) is 31.1 Å². The molecule has 24 heavy (non-hydrogen) atoms. The molecule has 0 unspecified atom stereocenters. The molecule has 0 amide bonds. The van der Waals surface area contributed by atoms with Crippen LogP contribution < -0.4 is 0 Å². The lowest BCUT2D eigenvalue weighted by molar-refractivity contribution is -0.143. The minimum Gasteiger partial charge on any atom is -0.290 e. The maximum Gasteiger partial charge on any atom is 0.416 e. The van der Waals surface area contributed by atoms with E-state index in [1.165, 1.54) is 19.1 Å². The quantitative estimate of drug-likeness (QED) is 0.499. The van der Waals surface area contributed by atoms with E-state index in [0.717, 1.165) is 5.57 Å². The van der Waals surface area contributed by atoms with Crippen LogP contribution in [-0.4, -0.2) is 5.78 Å². The molecule has 0 heterocycles. The lowest BCUT2D eigenvalue weighted by Crippen LogP contribution is -2.12. The van der Waals surface area contributed by atoms with Gasteiger partial charge < -0.3 is 0 Å². The number of carbonyl (C=O) groups excluding carboxylic acids is 1. The SMILES string of the molecule is CC(C)=CC(=O)C=C(C)Cc1cc(C(F)(F)F)cc(C(F)(F)F)c1. The Morgan fingerprint density at radius 1 is 0.875 bits per heavy atom. The molecule has 0 fully saturated rings. The number of hydrogen-bond acceptors (Lipinski definition) is 1. The fraction of sp³-hybridized carbons (Fsp3) is 0.353. The summed E-state index contributed by atoms with van der Waals surface area (Å²) >= 11 is 0. The van der Waals surface area contributed by atoms with Crippen LogP contribution in [0.15, 0.2) is 41.5 Å². The molecule has 1 aromatic rings. The average molecular weight is 350 g/mol. The van der Waals surface area contributed by atoms with E-state index in [4.69, 9.17) is 0 Å². The van der Waals surface area contributed by atoms with Crippen LogP contribution in [0.3, 0.4) is 0 Å². The van der Waals surface area contributed by atoms with E-state index in [-0.39, 0.29) is 23.8 Å². The van der Waals surface area contributed by atoms with Crippen LogP contribution in [0.4, 0.5) is 26.3 Å². The van der Waals surface area contributed by atoms with E-state index < -0.39 is 23.5 Å². The maximum absolute atomic E-state index is 12.8. The number of allylic oxidation sites excluding steroid dienone is 4. The van der Waals surface area contributed by atoms with Crippen molar-refractivity contribution < 1.29 is 31.1 Å². The van der Waals surface area contributed by atoms with Crippen LogP contribution >= 0.6 is 0 Å². The molecular formula is C17H16F6O. The van der Waals surface area contributed by atoms with Gasteiger partial charge in [0.25, 0.3) is 0 Å². The highest BCUT2D eigenvalue weighted by Gasteiger charge is 2.36. The van der Waals surface area contributed by atoms with E-state index >= 15 is 0 Å². The summed E-state index contributed by atoms with van der Waals surface area (Å²) in [5.74, 6) is -0.365. The number of benzene rings is 1. The van der Waals surface area contributed by atoms with Gasteiger partial charge in [0.15, 0.2) is 5.78 Å². The standard InChI is InChI=1S/C17H16F6O/c1-10(2)4-15(24)6-11(3)5-12-7-13(16(18,19)20)9-14(8-12)17(21,22)23/h4,6-9H,5H2,1-3H3. The Bertz CT molecular complexity index is 641. The molecule has 1 aromatic carbocycles. The molecule has 0 spiro atoms. The number of carbonyl (C=O) groups is 1. The van der Waals surface area contributed by atoms with Gasteiger partial charge in [0, 0.05) is 0 Å². The molecule has 0 bridgehead atoms. The second kappa shape index (κ2) is 7.23. The minimum atomic E-state index is -4.88. The Morgan fingerprint density at radius 3 is 1.71 bits per heavy atom. The second-order valence-corrected chi connectivity index (χ2v) is 5.71. The molecule has 0 aliphatic heterocycles. The van der Waals surface area contributed by atoms with Crippen LogP contribution in [0.5, 0.6) is 0 Å². The van der Waals surface area contributed by atoms with Crippen molar-refractivity contribution in [3.05, 3.63) is 58.2 Å². The Morgan fingerprint density at radius 2 is 1.33 bits per heavy atom. The summed E-state index contributed by atoms with van der Waals surface area (Å²) in [7, 11) is 0. The largest absolute Gasteiger partial charge is 0.416 e. The van der Waals surface area contributed by atoms with Gasteiger partial charge in [-0.3, -0.25) is 4.79 Å². The highest BCUT2D eigenvalue weighted by atomic mass is 19.4. The molecule has 0 aliphatic rings. The van der Waals surface area contributed by atoms with Gasteiger partial charge in [-0.15, -0.1) is 0 Å². The first-order valence-corrected chi connectivity index (χ1v) is 6.93. The zero-order chi connectivity index (χ0) is 18.7. The van der Waals surface area contributed by atoms with Crippen molar-refractivity contribution in [3.8, 4) is 0 Å². The fourth-order valence-electron chi connectivity index (χ4n) is 2.06. The van der Waals surface area contributed by atoms with E-state index in [2.05, 4.69) is 0 Å². The topological polar surface area (TPSA) is 17.1 Å².